The van der Waals surface area contributed by atoms with E-state index in [1.165, 1.54) is 0 Å². The van der Waals surface area contributed by atoms with Crippen LogP contribution in [0.1, 0.15) is 5.69 Å². The van der Waals surface area contributed by atoms with Crippen LogP contribution in [0, 0.1) is 0 Å². The van der Waals surface area contributed by atoms with Crippen LogP contribution >= 0.6 is 11.8 Å². The summed E-state index contributed by atoms with van der Waals surface area (Å²) in [5.41, 5.74) is 0.969. The molecule has 3 rings (SSSR count). The molecule has 1 aromatic heterocycles. The normalized spacial score (nSPS) is 10.7. The molecular weight excluding hydrogens is 282 g/mol. The van der Waals surface area contributed by atoms with Crippen LogP contribution in [-0.2, 0) is 5.75 Å². The number of hydrogen-bond acceptors (Lipinski definition) is 4. The van der Waals surface area contributed by atoms with E-state index in [4.69, 9.17) is 4.74 Å². The van der Waals surface area contributed by atoms with Crippen molar-refractivity contribution >= 4 is 22.5 Å². The van der Waals surface area contributed by atoms with Crippen molar-refractivity contribution in [1.29, 1.82) is 0 Å². The molecule has 2 aromatic carbocycles. The molecule has 3 nitrogen and oxygen atoms in total. The first kappa shape index (κ1) is 13.8. The van der Waals surface area contributed by atoms with E-state index in [2.05, 4.69) is 4.98 Å². The number of hydrogen-bond donors (Lipinski definition) is 1. The Labute approximate surface area is 127 Å². The molecule has 4 heteroatoms. The Hall–Kier alpha value is -2.20. The third-order valence-corrected chi connectivity index (χ3v) is 4.33. The lowest BCUT2D eigenvalue weighted by Gasteiger charge is -2.08. The van der Waals surface area contributed by atoms with Gasteiger partial charge in [-0.05, 0) is 23.6 Å². The monoisotopic (exact) mass is 297 g/mol. The van der Waals surface area contributed by atoms with Crippen molar-refractivity contribution in [3.63, 3.8) is 0 Å². The van der Waals surface area contributed by atoms with Crippen LogP contribution < -0.4 is 4.74 Å². The number of phenols is 1. The number of aromatic nitrogens is 1. The molecule has 0 saturated carbocycles. The zero-order chi connectivity index (χ0) is 14.7. The van der Waals surface area contributed by atoms with Crippen LogP contribution in [0.25, 0.3) is 10.8 Å². The van der Waals surface area contributed by atoms with Crippen LogP contribution in [0.2, 0.25) is 0 Å². The number of rotatable bonds is 4. The number of phenolic OH excluding ortho intramolecular Hbond substituents is 1. The van der Waals surface area contributed by atoms with E-state index in [1.807, 2.05) is 48.5 Å². The molecule has 3 aromatic rings. The number of methoxy groups -OCH3 is 1. The zero-order valence-corrected chi connectivity index (χ0v) is 12.4. The number of aromatic hydroxyl groups is 1. The lowest BCUT2D eigenvalue weighted by atomic mass is 10.1. The van der Waals surface area contributed by atoms with Crippen molar-refractivity contribution in [1.82, 2.24) is 4.98 Å². The second-order valence-corrected chi connectivity index (χ2v) is 5.61. The van der Waals surface area contributed by atoms with Gasteiger partial charge in [0, 0.05) is 22.1 Å². The number of thioether (sulfide) groups is 1. The number of pyridine rings is 1. The van der Waals surface area contributed by atoms with E-state index in [9.17, 15) is 5.11 Å². The number of nitrogens with zero attached hydrogens (tertiary/aromatic N) is 1. The molecule has 1 N–H and O–H groups in total. The first-order valence-corrected chi connectivity index (χ1v) is 7.60. The molecule has 0 unspecified atom stereocenters. The lowest BCUT2D eigenvalue weighted by molar-refractivity contribution is 0.397. The van der Waals surface area contributed by atoms with Crippen molar-refractivity contribution < 1.29 is 9.84 Å². The molecule has 0 spiro atoms. The van der Waals surface area contributed by atoms with Crippen LogP contribution in [0.15, 0.2) is 59.5 Å². The molecule has 106 valence electrons. The number of ether oxygens (including phenoxy) is 1. The lowest BCUT2D eigenvalue weighted by Crippen LogP contribution is -1.91. The topological polar surface area (TPSA) is 42.4 Å². The Morgan fingerprint density at radius 3 is 2.62 bits per heavy atom. The highest BCUT2D eigenvalue weighted by molar-refractivity contribution is 7.98. The maximum atomic E-state index is 9.91. The molecular formula is C17H15NO2S. The van der Waals surface area contributed by atoms with E-state index in [0.717, 1.165) is 27.1 Å². The van der Waals surface area contributed by atoms with Gasteiger partial charge in [0.25, 0.3) is 0 Å². The Morgan fingerprint density at radius 2 is 1.81 bits per heavy atom. The fourth-order valence-corrected chi connectivity index (χ4v) is 3.15. The average molecular weight is 297 g/mol. The largest absolute Gasteiger partial charge is 0.507 e. The van der Waals surface area contributed by atoms with Gasteiger partial charge in [-0.2, -0.15) is 0 Å². The Kier molecular flexibility index (Phi) is 3.97. The van der Waals surface area contributed by atoms with Crippen molar-refractivity contribution in [3.05, 3.63) is 60.3 Å². The van der Waals surface area contributed by atoms with Gasteiger partial charge in [0.1, 0.15) is 5.75 Å². The first-order chi connectivity index (χ1) is 10.3. The van der Waals surface area contributed by atoms with Crippen LogP contribution in [0.3, 0.4) is 0 Å². The molecule has 0 atom stereocenters. The van der Waals surface area contributed by atoms with Crippen LogP contribution in [0.5, 0.6) is 11.6 Å². The van der Waals surface area contributed by atoms with E-state index in [1.54, 1.807) is 24.9 Å². The quantitative estimate of drug-likeness (QED) is 0.731. The van der Waals surface area contributed by atoms with E-state index in [-0.39, 0.29) is 0 Å². The van der Waals surface area contributed by atoms with Gasteiger partial charge in [0.15, 0.2) is 0 Å². The number of fused-ring (bicyclic) bond motifs is 1. The third kappa shape index (κ3) is 2.95. The van der Waals surface area contributed by atoms with Gasteiger partial charge in [0.2, 0.25) is 5.88 Å². The fourth-order valence-electron chi connectivity index (χ4n) is 2.18. The van der Waals surface area contributed by atoms with Crippen molar-refractivity contribution in [3.8, 4) is 11.6 Å². The summed E-state index contributed by atoms with van der Waals surface area (Å²) in [6, 6.07) is 17.3. The average Bonchev–Trinajstić information content (AvgIpc) is 2.55. The summed E-state index contributed by atoms with van der Waals surface area (Å²) < 4.78 is 5.14. The molecule has 0 aliphatic carbocycles. The zero-order valence-electron chi connectivity index (χ0n) is 11.6. The smallest absolute Gasteiger partial charge is 0.213 e. The first-order valence-electron chi connectivity index (χ1n) is 6.61. The van der Waals surface area contributed by atoms with Gasteiger partial charge < -0.3 is 9.84 Å². The fraction of sp³-hybridized carbons (Fsp3) is 0.118. The molecule has 0 saturated heterocycles. The Bertz CT molecular complexity index is 774. The highest BCUT2D eigenvalue weighted by Crippen LogP contribution is 2.34. The maximum absolute atomic E-state index is 9.91. The molecule has 21 heavy (non-hydrogen) atoms. The molecule has 0 radical (unpaired) electrons. The van der Waals surface area contributed by atoms with E-state index < -0.39 is 0 Å². The molecule has 1 heterocycles. The predicted octanol–water partition coefficient (Wildman–Crippen LogP) is 4.24. The molecule has 0 aliphatic rings. The van der Waals surface area contributed by atoms with Crippen molar-refractivity contribution in [2.45, 2.75) is 10.6 Å². The predicted molar refractivity (Wildman–Crippen MR) is 86.0 cm³/mol. The minimum absolute atomic E-state index is 0.314. The van der Waals surface area contributed by atoms with Gasteiger partial charge >= 0.3 is 0 Å². The van der Waals surface area contributed by atoms with Gasteiger partial charge in [-0.25, -0.2) is 4.98 Å². The summed E-state index contributed by atoms with van der Waals surface area (Å²) in [6.45, 7) is 0. The number of benzene rings is 2. The minimum atomic E-state index is 0.314. The van der Waals surface area contributed by atoms with Crippen LogP contribution in [0.4, 0.5) is 0 Å². The molecule has 0 aliphatic heterocycles. The molecule has 0 amide bonds. The Balaban J connectivity index is 1.87. The standard InChI is InChI=1S/C17H15NO2S/c1-20-17-8-4-5-12(18-17)11-21-16-10-9-15(19)13-6-2-3-7-14(13)16/h2-10,19H,11H2,1H3. The SMILES string of the molecule is COc1cccc(CSc2ccc(O)c3ccccc23)n1. The van der Waals surface area contributed by atoms with Crippen LogP contribution in [-0.4, -0.2) is 17.2 Å². The Morgan fingerprint density at radius 1 is 1.00 bits per heavy atom. The summed E-state index contributed by atoms with van der Waals surface area (Å²) in [4.78, 5) is 5.54. The highest BCUT2D eigenvalue weighted by atomic mass is 32.2. The second kappa shape index (κ2) is 6.06. The van der Waals surface area contributed by atoms with Gasteiger partial charge in [-0.3, -0.25) is 0 Å². The van der Waals surface area contributed by atoms with E-state index >= 15 is 0 Å². The molecule has 0 bridgehead atoms. The molecule has 0 fully saturated rings. The maximum Gasteiger partial charge on any atom is 0.213 e. The summed E-state index contributed by atoms with van der Waals surface area (Å²) >= 11 is 1.70. The van der Waals surface area contributed by atoms with E-state index in [0.29, 0.717) is 11.6 Å². The van der Waals surface area contributed by atoms with Gasteiger partial charge in [0.05, 0.1) is 12.8 Å². The highest BCUT2D eigenvalue weighted by Gasteiger charge is 2.06. The van der Waals surface area contributed by atoms with Gasteiger partial charge in [-0.1, -0.05) is 30.3 Å². The van der Waals surface area contributed by atoms with Crippen molar-refractivity contribution in [2.75, 3.05) is 7.11 Å². The van der Waals surface area contributed by atoms with Crippen molar-refractivity contribution in [2.24, 2.45) is 0 Å². The third-order valence-electron chi connectivity index (χ3n) is 3.23. The summed E-state index contributed by atoms with van der Waals surface area (Å²) in [5, 5.41) is 11.8. The second-order valence-electron chi connectivity index (χ2n) is 4.59. The summed E-state index contributed by atoms with van der Waals surface area (Å²) in [6.07, 6.45) is 0. The summed E-state index contributed by atoms with van der Waals surface area (Å²) in [5.74, 6) is 1.70. The summed E-state index contributed by atoms with van der Waals surface area (Å²) in [7, 11) is 1.62. The minimum Gasteiger partial charge on any atom is -0.507 e. The van der Waals surface area contributed by atoms with Gasteiger partial charge in [-0.15, -0.1) is 11.8 Å².